The Morgan fingerprint density at radius 3 is 2.94 bits per heavy atom. The average molecular weight is 236 g/mol. The maximum absolute atomic E-state index is 13.2. The first-order valence-electron chi connectivity index (χ1n) is 5.86. The van der Waals surface area contributed by atoms with Crippen LogP contribution in [0.1, 0.15) is 30.9 Å². The molecule has 0 bridgehead atoms. The normalized spacial score (nSPS) is 25.8. The number of likely N-dealkylation sites (tertiary alicyclic amines) is 1. The predicted molar refractivity (Wildman–Crippen MR) is 63.7 cm³/mol. The molecular formula is C13H17FN2O. The number of hydrogen-bond donors (Lipinski definition) is 1. The van der Waals surface area contributed by atoms with Crippen LogP contribution in [0.5, 0.6) is 0 Å². The number of nitrogens with two attached hydrogens (primary N) is 1. The van der Waals surface area contributed by atoms with Gasteiger partial charge in [-0.15, -0.1) is 0 Å². The molecule has 1 aromatic carbocycles. The number of amides is 1. The molecule has 3 nitrogen and oxygen atoms in total. The van der Waals surface area contributed by atoms with E-state index in [1.807, 2.05) is 6.07 Å². The number of halogens is 1. The second kappa shape index (κ2) is 4.84. The van der Waals surface area contributed by atoms with Crippen molar-refractivity contribution in [2.24, 2.45) is 5.73 Å². The van der Waals surface area contributed by atoms with E-state index in [9.17, 15) is 9.18 Å². The van der Waals surface area contributed by atoms with Gasteiger partial charge in [-0.3, -0.25) is 4.79 Å². The van der Waals surface area contributed by atoms with Gasteiger partial charge in [-0.1, -0.05) is 12.1 Å². The highest BCUT2D eigenvalue weighted by atomic mass is 19.1. The summed E-state index contributed by atoms with van der Waals surface area (Å²) < 4.78 is 13.2. The molecule has 92 valence electrons. The van der Waals surface area contributed by atoms with Gasteiger partial charge in [0.15, 0.2) is 0 Å². The van der Waals surface area contributed by atoms with E-state index in [-0.39, 0.29) is 23.8 Å². The SMILES string of the molecule is CN1C(=O)CCCC(N)C1c1cccc(F)c1. The summed E-state index contributed by atoms with van der Waals surface area (Å²) in [7, 11) is 1.74. The highest BCUT2D eigenvalue weighted by Gasteiger charge is 2.30. The zero-order chi connectivity index (χ0) is 12.4. The van der Waals surface area contributed by atoms with E-state index in [0.29, 0.717) is 6.42 Å². The van der Waals surface area contributed by atoms with Crippen molar-refractivity contribution in [3.05, 3.63) is 35.6 Å². The summed E-state index contributed by atoms with van der Waals surface area (Å²) >= 11 is 0. The van der Waals surface area contributed by atoms with Crippen molar-refractivity contribution in [3.63, 3.8) is 0 Å². The number of likely N-dealkylation sites (N-methyl/N-ethyl adjacent to an activating group) is 1. The van der Waals surface area contributed by atoms with Gasteiger partial charge in [0.1, 0.15) is 5.82 Å². The third-order valence-electron chi connectivity index (χ3n) is 3.33. The quantitative estimate of drug-likeness (QED) is 0.808. The molecule has 2 N–H and O–H groups in total. The van der Waals surface area contributed by atoms with Crippen molar-refractivity contribution in [2.45, 2.75) is 31.3 Å². The minimum Gasteiger partial charge on any atom is -0.337 e. The monoisotopic (exact) mass is 236 g/mol. The summed E-state index contributed by atoms with van der Waals surface area (Å²) in [6, 6.07) is 5.98. The van der Waals surface area contributed by atoms with Crippen LogP contribution < -0.4 is 5.73 Å². The first-order valence-corrected chi connectivity index (χ1v) is 5.86. The molecule has 1 heterocycles. The molecule has 2 rings (SSSR count). The fourth-order valence-electron chi connectivity index (χ4n) is 2.43. The number of carbonyl (C=O) groups excluding carboxylic acids is 1. The maximum atomic E-state index is 13.2. The molecule has 1 aliphatic heterocycles. The van der Waals surface area contributed by atoms with Crippen molar-refractivity contribution >= 4 is 5.91 Å². The minimum absolute atomic E-state index is 0.0761. The van der Waals surface area contributed by atoms with Crippen molar-refractivity contribution in [1.29, 1.82) is 0 Å². The van der Waals surface area contributed by atoms with Crippen molar-refractivity contribution < 1.29 is 9.18 Å². The Bertz CT molecular complexity index is 422. The molecule has 2 unspecified atom stereocenters. The van der Waals surface area contributed by atoms with Gasteiger partial charge in [-0.05, 0) is 30.5 Å². The van der Waals surface area contributed by atoms with E-state index in [1.165, 1.54) is 12.1 Å². The molecule has 1 aliphatic rings. The lowest BCUT2D eigenvalue weighted by Crippen LogP contribution is -2.39. The van der Waals surface area contributed by atoms with E-state index >= 15 is 0 Å². The number of nitrogens with zero attached hydrogens (tertiary/aromatic N) is 1. The van der Waals surface area contributed by atoms with Gasteiger partial charge < -0.3 is 10.6 Å². The molecule has 2 atom stereocenters. The van der Waals surface area contributed by atoms with Crippen LogP contribution >= 0.6 is 0 Å². The minimum atomic E-state index is -0.292. The van der Waals surface area contributed by atoms with Gasteiger partial charge in [-0.2, -0.15) is 0 Å². The summed E-state index contributed by atoms with van der Waals surface area (Å²) in [5.41, 5.74) is 6.87. The Morgan fingerprint density at radius 1 is 1.47 bits per heavy atom. The number of carbonyl (C=O) groups is 1. The van der Waals surface area contributed by atoms with Crippen molar-refractivity contribution in [2.75, 3.05) is 7.05 Å². The lowest BCUT2D eigenvalue weighted by Gasteiger charge is -2.30. The van der Waals surface area contributed by atoms with Crippen LogP contribution in [-0.2, 0) is 4.79 Å². The van der Waals surface area contributed by atoms with E-state index < -0.39 is 0 Å². The Balaban J connectivity index is 2.35. The second-order valence-electron chi connectivity index (χ2n) is 4.56. The molecule has 0 aromatic heterocycles. The van der Waals surface area contributed by atoms with Gasteiger partial charge in [0, 0.05) is 19.5 Å². The summed E-state index contributed by atoms with van der Waals surface area (Å²) in [5, 5.41) is 0. The molecule has 0 radical (unpaired) electrons. The lowest BCUT2D eigenvalue weighted by atomic mass is 9.96. The van der Waals surface area contributed by atoms with Crippen LogP contribution in [0.3, 0.4) is 0 Å². The highest BCUT2D eigenvalue weighted by Crippen LogP contribution is 2.28. The standard InChI is InChI=1S/C13H17FN2O/c1-16-12(17)7-3-6-11(15)13(16)9-4-2-5-10(14)8-9/h2,4-5,8,11,13H,3,6-7,15H2,1H3. The topological polar surface area (TPSA) is 46.3 Å². The van der Waals surface area contributed by atoms with Gasteiger partial charge in [0.25, 0.3) is 0 Å². The van der Waals surface area contributed by atoms with Crippen LogP contribution in [0, 0.1) is 5.82 Å². The third-order valence-corrected chi connectivity index (χ3v) is 3.33. The smallest absolute Gasteiger partial charge is 0.222 e. The van der Waals surface area contributed by atoms with Crippen molar-refractivity contribution in [3.8, 4) is 0 Å². The fraction of sp³-hybridized carbons (Fsp3) is 0.462. The molecule has 17 heavy (non-hydrogen) atoms. The molecule has 4 heteroatoms. The lowest BCUT2D eigenvalue weighted by molar-refractivity contribution is -0.131. The molecule has 1 fully saturated rings. The second-order valence-corrected chi connectivity index (χ2v) is 4.56. The molecule has 0 saturated carbocycles. The van der Waals surface area contributed by atoms with Crippen molar-refractivity contribution in [1.82, 2.24) is 4.90 Å². The van der Waals surface area contributed by atoms with Crippen LogP contribution in [0.2, 0.25) is 0 Å². The summed E-state index contributed by atoms with van der Waals surface area (Å²) in [5.74, 6) is -0.216. The molecule has 1 aromatic rings. The number of rotatable bonds is 1. The molecule has 1 amide bonds. The van der Waals surface area contributed by atoms with E-state index in [0.717, 1.165) is 18.4 Å². The number of benzene rings is 1. The average Bonchev–Trinajstić information content (AvgIpc) is 2.40. The van der Waals surface area contributed by atoms with Crippen LogP contribution in [0.15, 0.2) is 24.3 Å². The largest absolute Gasteiger partial charge is 0.337 e. The number of hydrogen-bond acceptors (Lipinski definition) is 2. The zero-order valence-corrected chi connectivity index (χ0v) is 9.90. The Labute approximate surface area is 100 Å². The summed E-state index contributed by atoms with van der Waals surface area (Å²) in [4.78, 5) is 13.5. The van der Waals surface area contributed by atoms with Gasteiger partial charge >= 0.3 is 0 Å². The Kier molecular flexibility index (Phi) is 3.43. The van der Waals surface area contributed by atoms with Gasteiger partial charge in [0.2, 0.25) is 5.91 Å². The van der Waals surface area contributed by atoms with Crippen LogP contribution in [-0.4, -0.2) is 23.9 Å². The Hall–Kier alpha value is -1.42. The first-order chi connectivity index (χ1) is 8.09. The maximum Gasteiger partial charge on any atom is 0.222 e. The molecule has 0 spiro atoms. The van der Waals surface area contributed by atoms with E-state index in [1.54, 1.807) is 18.0 Å². The predicted octanol–water partition coefficient (Wildman–Crippen LogP) is 1.84. The summed E-state index contributed by atoms with van der Waals surface area (Å²) in [6.45, 7) is 0. The van der Waals surface area contributed by atoms with Gasteiger partial charge in [-0.25, -0.2) is 4.39 Å². The Morgan fingerprint density at radius 2 is 2.24 bits per heavy atom. The zero-order valence-electron chi connectivity index (χ0n) is 9.90. The van der Waals surface area contributed by atoms with Crippen LogP contribution in [0.4, 0.5) is 4.39 Å². The van der Waals surface area contributed by atoms with E-state index in [2.05, 4.69) is 0 Å². The summed E-state index contributed by atoms with van der Waals surface area (Å²) in [6.07, 6.45) is 2.11. The molecule has 1 saturated heterocycles. The van der Waals surface area contributed by atoms with Crippen LogP contribution in [0.25, 0.3) is 0 Å². The molecule has 0 aliphatic carbocycles. The highest BCUT2D eigenvalue weighted by molar-refractivity contribution is 5.76. The fourth-order valence-corrected chi connectivity index (χ4v) is 2.43. The van der Waals surface area contributed by atoms with E-state index in [4.69, 9.17) is 5.73 Å². The first kappa shape index (κ1) is 12.0. The third kappa shape index (κ3) is 2.47. The molecular weight excluding hydrogens is 219 g/mol. The van der Waals surface area contributed by atoms with Gasteiger partial charge in [0.05, 0.1) is 6.04 Å².